The van der Waals surface area contributed by atoms with Crippen LogP contribution in [0.15, 0.2) is 0 Å². The molecule has 0 bridgehead atoms. The Labute approximate surface area is 107 Å². The van der Waals surface area contributed by atoms with Gasteiger partial charge in [0.1, 0.15) is 0 Å². The average molecular weight is 238 g/mol. The molecule has 2 fully saturated rings. The van der Waals surface area contributed by atoms with Crippen LogP contribution in [-0.4, -0.2) is 37.1 Å². The highest BCUT2D eigenvalue weighted by atomic mass is 15.2. The minimum atomic E-state index is 0.553. The van der Waals surface area contributed by atoms with Gasteiger partial charge in [0.05, 0.1) is 0 Å². The largest absolute Gasteiger partial charge is 0.316 e. The van der Waals surface area contributed by atoms with E-state index in [4.69, 9.17) is 0 Å². The van der Waals surface area contributed by atoms with Crippen LogP contribution in [0.4, 0.5) is 0 Å². The van der Waals surface area contributed by atoms with E-state index >= 15 is 0 Å². The summed E-state index contributed by atoms with van der Waals surface area (Å²) in [6.45, 7) is 12.2. The molecule has 1 unspecified atom stereocenters. The van der Waals surface area contributed by atoms with Crippen molar-refractivity contribution in [3.63, 3.8) is 0 Å². The van der Waals surface area contributed by atoms with Gasteiger partial charge in [-0.1, -0.05) is 6.92 Å². The predicted octanol–water partition coefficient (Wildman–Crippen LogP) is 2.89. The van der Waals surface area contributed by atoms with E-state index in [1.807, 2.05) is 0 Å². The summed E-state index contributed by atoms with van der Waals surface area (Å²) in [5, 5.41) is 3.61. The van der Waals surface area contributed by atoms with Gasteiger partial charge in [0.25, 0.3) is 0 Å². The first-order valence-corrected chi connectivity index (χ1v) is 7.60. The van der Waals surface area contributed by atoms with E-state index in [1.165, 1.54) is 58.3 Å². The summed E-state index contributed by atoms with van der Waals surface area (Å²) in [7, 11) is 0. The molecular formula is C15H30N2. The van der Waals surface area contributed by atoms with E-state index in [0.717, 1.165) is 5.92 Å². The van der Waals surface area contributed by atoms with Crippen molar-refractivity contribution in [1.82, 2.24) is 10.2 Å². The van der Waals surface area contributed by atoms with Crippen LogP contribution in [0.1, 0.15) is 52.9 Å². The summed E-state index contributed by atoms with van der Waals surface area (Å²) in [4.78, 5) is 2.74. The van der Waals surface area contributed by atoms with Crippen LogP contribution in [0.25, 0.3) is 0 Å². The lowest BCUT2D eigenvalue weighted by Gasteiger charge is -2.42. The smallest absolute Gasteiger partial charge is 0.00529 e. The van der Waals surface area contributed by atoms with E-state index in [9.17, 15) is 0 Å². The van der Waals surface area contributed by atoms with Crippen LogP contribution in [0, 0.1) is 11.3 Å². The molecule has 0 amide bonds. The second-order valence-corrected chi connectivity index (χ2v) is 6.60. The molecule has 1 saturated carbocycles. The Bertz CT molecular complexity index is 227. The summed E-state index contributed by atoms with van der Waals surface area (Å²) >= 11 is 0. The maximum absolute atomic E-state index is 3.61. The Morgan fingerprint density at radius 2 is 2.12 bits per heavy atom. The zero-order chi connectivity index (χ0) is 12.3. The third-order valence-corrected chi connectivity index (χ3v) is 4.77. The standard InChI is InChI=1S/C15H30N2/c1-4-15(8-5-9-16-11-15)12-17(13(2)3)10-14-6-7-14/h13-14,16H,4-12H2,1-3H3. The van der Waals surface area contributed by atoms with E-state index in [1.54, 1.807) is 0 Å². The highest BCUT2D eigenvalue weighted by molar-refractivity contribution is 4.89. The number of nitrogens with one attached hydrogen (secondary N) is 1. The van der Waals surface area contributed by atoms with Gasteiger partial charge >= 0.3 is 0 Å². The Kier molecular flexibility index (Phi) is 4.48. The van der Waals surface area contributed by atoms with Crippen LogP contribution in [-0.2, 0) is 0 Å². The van der Waals surface area contributed by atoms with Crippen LogP contribution in [0.2, 0.25) is 0 Å². The van der Waals surface area contributed by atoms with E-state index in [2.05, 4.69) is 31.0 Å². The van der Waals surface area contributed by atoms with Gasteiger partial charge in [-0.2, -0.15) is 0 Å². The minimum Gasteiger partial charge on any atom is -0.316 e. The van der Waals surface area contributed by atoms with Crippen LogP contribution in [0.3, 0.4) is 0 Å². The topological polar surface area (TPSA) is 15.3 Å². The van der Waals surface area contributed by atoms with Crippen molar-refractivity contribution >= 4 is 0 Å². The summed E-state index contributed by atoms with van der Waals surface area (Å²) < 4.78 is 0. The third-order valence-electron chi connectivity index (χ3n) is 4.77. The van der Waals surface area contributed by atoms with Crippen LogP contribution < -0.4 is 5.32 Å². The minimum absolute atomic E-state index is 0.553. The van der Waals surface area contributed by atoms with Gasteiger partial charge in [0.15, 0.2) is 0 Å². The quantitative estimate of drug-likeness (QED) is 0.765. The average Bonchev–Trinajstić information content (AvgIpc) is 3.13. The molecular weight excluding hydrogens is 208 g/mol. The third kappa shape index (κ3) is 3.69. The van der Waals surface area contributed by atoms with Crippen LogP contribution in [0.5, 0.6) is 0 Å². The molecule has 17 heavy (non-hydrogen) atoms. The molecule has 1 heterocycles. The molecule has 1 aliphatic carbocycles. The Morgan fingerprint density at radius 3 is 2.59 bits per heavy atom. The lowest BCUT2D eigenvalue weighted by Crippen LogP contribution is -2.49. The first kappa shape index (κ1) is 13.4. The van der Waals surface area contributed by atoms with E-state index < -0.39 is 0 Å². The molecule has 2 rings (SSSR count). The number of piperidine rings is 1. The zero-order valence-corrected chi connectivity index (χ0v) is 12.0. The molecule has 0 aromatic carbocycles. The second kappa shape index (κ2) is 5.71. The maximum atomic E-state index is 3.61. The number of hydrogen-bond donors (Lipinski definition) is 1. The van der Waals surface area contributed by atoms with Crippen molar-refractivity contribution in [3.8, 4) is 0 Å². The van der Waals surface area contributed by atoms with Crippen LogP contribution >= 0.6 is 0 Å². The molecule has 1 N–H and O–H groups in total. The summed E-state index contributed by atoms with van der Waals surface area (Å²) in [6.07, 6.45) is 7.06. The Morgan fingerprint density at radius 1 is 1.35 bits per heavy atom. The Balaban J connectivity index is 1.93. The monoisotopic (exact) mass is 238 g/mol. The van der Waals surface area contributed by atoms with Gasteiger partial charge in [-0.05, 0) is 63.8 Å². The van der Waals surface area contributed by atoms with Gasteiger partial charge in [-0.15, -0.1) is 0 Å². The molecule has 1 aliphatic heterocycles. The second-order valence-electron chi connectivity index (χ2n) is 6.60. The molecule has 2 aliphatic rings. The van der Waals surface area contributed by atoms with Crippen molar-refractivity contribution in [2.45, 2.75) is 58.9 Å². The first-order valence-electron chi connectivity index (χ1n) is 7.60. The summed E-state index contributed by atoms with van der Waals surface area (Å²) in [5.74, 6) is 1.02. The molecule has 0 aromatic heterocycles. The normalized spacial score (nSPS) is 30.2. The Hall–Kier alpha value is -0.0800. The molecule has 0 radical (unpaired) electrons. The van der Waals surface area contributed by atoms with Gasteiger partial charge in [-0.3, -0.25) is 0 Å². The highest BCUT2D eigenvalue weighted by Gasteiger charge is 2.34. The maximum Gasteiger partial charge on any atom is 0.00529 e. The molecule has 0 spiro atoms. The SMILES string of the molecule is CCC1(CN(CC2CC2)C(C)C)CCCNC1. The zero-order valence-electron chi connectivity index (χ0n) is 12.0. The van der Waals surface area contributed by atoms with Crippen molar-refractivity contribution in [2.75, 3.05) is 26.2 Å². The van der Waals surface area contributed by atoms with Gasteiger partial charge in [0.2, 0.25) is 0 Å². The number of nitrogens with zero attached hydrogens (tertiary/aromatic N) is 1. The fourth-order valence-electron chi connectivity index (χ4n) is 3.10. The van der Waals surface area contributed by atoms with Crippen molar-refractivity contribution in [3.05, 3.63) is 0 Å². The van der Waals surface area contributed by atoms with E-state index in [-0.39, 0.29) is 0 Å². The number of rotatable bonds is 6. The fourth-order valence-corrected chi connectivity index (χ4v) is 3.10. The number of hydrogen-bond acceptors (Lipinski definition) is 2. The van der Waals surface area contributed by atoms with Crippen molar-refractivity contribution < 1.29 is 0 Å². The summed E-state index contributed by atoms with van der Waals surface area (Å²) in [6, 6.07) is 0.709. The first-order chi connectivity index (χ1) is 8.15. The van der Waals surface area contributed by atoms with Gasteiger partial charge < -0.3 is 10.2 Å². The summed E-state index contributed by atoms with van der Waals surface area (Å²) in [5.41, 5.74) is 0.553. The molecule has 2 heteroatoms. The highest BCUT2D eigenvalue weighted by Crippen LogP contribution is 2.35. The lowest BCUT2D eigenvalue weighted by atomic mass is 9.77. The fraction of sp³-hybridized carbons (Fsp3) is 1.00. The van der Waals surface area contributed by atoms with Gasteiger partial charge in [0, 0.05) is 25.7 Å². The van der Waals surface area contributed by atoms with Crippen molar-refractivity contribution in [1.29, 1.82) is 0 Å². The molecule has 2 nitrogen and oxygen atoms in total. The lowest BCUT2D eigenvalue weighted by molar-refractivity contribution is 0.0878. The molecule has 0 aromatic rings. The predicted molar refractivity (Wildman–Crippen MR) is 74.3 cm³/mol. The van der Waals surface area contributed by atoms with E-state index in [0.29, 0.717) is 11.5 Å². The molecule has 1 atom stereocenters. The molecule has 100 valence electrons. The van der Waals surface area contributed by atoms with Crippen molar-refractivity contribution in [2.24, 2.45) is 11.3 Å². The molecule has 1 saturated heterocycles. The van der Waals surface area contributed by atoms with Gasteiger partial charge in [-0.25, -0.2) is 0 Å².